The van der Waals surface area contributed by atoms with Gasteiger partial charge in [0.05, 0.1) is 38.6 Å². The first-order valence-electron chi connectivity index (χ1n) is 42.8. The highest BCUT2D eigenvalue weighted by atomic mass is 16.8. The maximum atomic E-state index is 13.5. The molecule has 0 aromatic rings. The summed E-state index contributed by atoms with van der Waals surface area (Å²) in [6, 6.07) is -0.999. The van der Waals surface area contributed by atoms with Crippen LogP contribution in [0.5, 0.6) is 0 Å². The van der Waals surface area contributed by atoms with E-state index in [4.69, 9.17) is 28.4 Å². The molecule has 0 aliphatic carbocycles. The predicted octanol–water partition coefficient (Wildman–Crippen LogP) is 15.3. The van der Waals surface area contributed by atoms with E-state index in [0.29, 0.717) is 12.8 Å². The molecule has 3 rings (SSSR count). The number of rotatable bonds is 68. The molecule has 0 saturated carbocycles. The minimum Gasteiger partial charge on any atom is -0.394 e. The summed E-state index contributed by atoms with van der Waals surface area (Å²) in [4.78, 5) is 13.5. The molecule has 19 nitrogen and oxygen atoms in total. The maximum Gasteiger partial charge on any atom is 0.220 e. The topological polar surface area (TPSA) is 307 Å². The molecule has 0 bridgehead atoms. The largest absolute Gasteiger partial charge is 0.394 e. The first kappa shape index (κ1) is 97.2. The van der Waals surface area contributed by atoms with Gasteiger partial charge < -0.3 is 89.9 Å². The van der Waals surface area contributed by atoms with Gasteiger partial charge in [0.25, 0.3) is 0 Å². The number of unbranched alkanes of at least 4 members (excludes halogenated alkanes) is 40. The van der Waals surface area contributed by atoms with E-state index < -0.39 is 124 Å². The highest BCUT2D eigenvalue weighted by Crippen LogP contribution is 2.33. The Hall–Kier alpha value is -3.03. The summed E-state index contributed by atoms with van der Waals surface area (Å²) in [5.74, 6) is -0.285. The van der Waals surface area contributed by atoms with Gasteiger partial charge in [-0.05, 0) is 83.5 Å². The molecule has 616 valence electrons. The Morgan fingerprint density at radius 3 is 1.06 bits per heavy atom. The van der Waals surface area contributed by atoms with Gasteiger partial charge in [-0.3, -0.25) is 4.79 Å². The molecule has 12 N–H and O–H groups in total. The van der Waals surface area contributed by atoms with Crippen LogP contribution in [0.3, 0.4) is 0 Å². The van der Waals surface area contributed by atoms with Crippen LogP contribution in [-0.4, -0.2) is 193 Å². The fraction of sp³-hybridized carbons (Fsp3) is 0.828. The molecule has 3 aliphatic heterocycles. The Bertz CT molecular complexity index is 2240. The second kappa shape index (κ2) is 66.6. The lowest BCUT2D eigenvalue weighted by molar-refractivity contribution is -0.379. The molecule has 0 aromatic carbocycles. The molecule has 3 fully saturated rings. The van der Waals surface area contributed by atoms with E-state index in [-0.39, 0.29) is 18.9 Å². The van der Waals surface area contributed by atoms with Gasteiger partial charge in [0, 0.05) is 6.42 Å². The number of aliphatic hydroxyl groups is 11. The van der Waals surface area contributed by atoms with Crippen molar-refractivity contribution in [3.05, 3.63) is 85.1 Å². The number of carbonyl (C=O) groups excluding carboxylic acids is 1. The van der Waals surface area contributed by atoms with Crippen LogP contribution in [-0.2, 0) is 33.2 Å². The van der Waals surface area contributed by atoms with Crippen molar-refractivity contribution in [2.45, 2.75) is 433 Å². The molecule has 0 radical (unpaired) electrons. The maximum absolute atomic E-state index is 13.5. The van der Waals surface area contributed by atoms with Crippen molar-refractivity contribution in [2.75, 3.05) is 26.4 Å². The van der Waals surface area contributed by atoms with Gasteiger partial charge in [0.1, 0.15) is 73.2 Å². The third kappa shape index (κ3) is 45.5. The van der Waals surface area contributed by atoms with Crippen LogP contribution >= 0.6 is 0 Å². The zero-order valence-electron chi connectivity index (χ0n) is 66.2. The van der Waals surface area contributed by atoms with E-state index in [0.717, 1.165) is 70.6 Å². The second-order valence-electron chi connectivity index (χ2n) is 30.2. The number of hydrogen-bond donors (Lipinski definition) is 12. The molecule has 1 amide bonds. The normalized spacial score (nSPS) is 26.1. The summed E-state index contributed by atoms with van der Waals surface area (Å²) in [5, 5.41) is 121. The smallest absolute Gasteiger partial charge is 0.220 e. The van der Waals surface area contributed by atoms with Crippen molar-refractivity contribution < 1.29 is 89.4 Å². The van der Waals surface area contributed by atoms with Crippen molar-refractivity contribution in [1.82, 2.24) is 5.32 Å². The summed E-state index contributed by atoms with van der Waals surface area (Å²) in [6.07, 6.45) is 63.2. The predicted molar refractivity (Wildman–Crippen MR) is 424 cm³/mol. The lowest BCUT2D eigenvalue weighted by Crippen LogP contribution is -2.66. The van der Waals surface area contributed by atoms with Crippen molar-refractivity contribution in [2.24, 2.45) is 0 Å². The first-order valence-corrected chi connectivity index (χ1v) is 42.8. The number of allylic oxidation sites excluding steroid dienone is 13. The average Bonchev–Trinajstić information content (AvgIpc) is 0.780. The van der Waals surface area contributed by atoms with Gasteiger partial charge >= 0.3 is 0 Å². The molecule has 106 heavy (non-hydrogen) atoms. The zero-order valence-corrected chi connectivity index (χ0v) is 66.2. The van der Waals surface area contributed by atoms with E-state index in [2.05, 4.69) is 92.1 Å². The Labute approximate surface area is 641 Å². The number of hydrogen-bond acceptors (Lipinski definition) is 18. The summed E-state index contributed by atoms with van der Waals surface area (Å²) in [6.45, 7) is 1.63. The molecule has 3 heterocycles. The summed E-state index contributed by atoms with van der Waals surface area (Å²) >= 11 is 0. The van der Waals surface area contributed by atoms with Crippen LogP contribution in [0.15, 0.2) is 85.1 Å². The fourth-order valence-corrected chi connectivity index (χ4v) is 14.1. The Kier molecular flexibility index (Phi) is 61.0. The number of aliphatic hydroxyl groups excluding tert-OH is 11. The lowest BCUT2D eigenvalue weighted by atomic mass is 9.96. The van der Waals surface area contributed by atoms with Gasteiger partial charge in [-0.25, -0.2) is 0 Å². The molecule has 17 unspecified atom stereocenters. The highest BCUT2D eigenvalue weighted by Gasteiger charge is 2.54. The van der Waals surface area contributed by atoms with Crippen LogP contribution in [0.1, 0.15) is 328 Å². The van der Waals surface area contributed by atoms with Crippen LogP contribution in [0.2, 0.25) is 0 Å². The van der Waals surface area contributed by atoms with E-state index in [1.807, 2.05) is 6.08 Å². The average molecular weight is 1500 g/mol. The highest BCUT2D eigenvalue weighted by molar-refractivity contribution is 5.76. The molecule has 17 atom stereocenters. The Balaban J connectivity index is 1.30. The molecule has 19 heteroatoms. The van der Waals surface area contributed by atoms with Crippen LogP contribution in [0, 0.1) is 0 Å². The van der Waals surface area contributed by atoms with E-state index in [1.54, 1.807) is 6.08 Å². The number of nitrogens with one attached hydrogen (secondary N) is 1. The minimum absolute atomic E-state index is 0.233. The van der Waals surface area contributed by atoms with Gasteiger partial charge in [-0.2, -0.15) is 0 Å². The zero-order chi connectivity index (χ0) is 76.7. The molecular weight excluding hydrogens is 1350 g/mol. The molecular formula is C87H155NO18. The molecule has 3 saturated heterocycles. The fourth-order valence-electron chi connectivity index (χ4n) is 14.1. The third-order valence-electron chi connectivity index (χ3n) is 20.9. The Morgan fingerprint density at radius 2 is 0.660 bits per heavy atom. The lowest BCUT2D eigenvalue weighted by Gasteiger charge is -2.48. The van der Waals surface area contributed by atoms with Crippen LogP contribution in [0.25, 0.3) is 0 Å². The summed E-state index contributed by atoms with van der Waals surface area (Å²) in [5.41, 5.74) is 0. The standard InChI is InChI=1S/C87H155NO18/c1-3-5-7-9-11-13-15-17-19-21-23-25-26-27-28-29-30-31-32-33-34-35-36-37-38-39-40-41-42-43-44-45-47-49-51-53-55-57-59-61-63-65-75(93)88-70(71(92)64-62-60-58-56-54-52-50-48-46-24-22-20-18-16-14-12-10-8-6-4-2)69-101-85-81(99)78(96)83(73(67-90)103-85)106-87-82(100)79(97)84(74(68-91)104-87)105-86-80(98)77(95)76(94)72(66-89)102-86/h5,7,11,13,17,19,23,25,46,48,54,56,62,64,70-74,76-87,89-92,94-100H,3-4,6,8-10,12,14-16,18,20-22,24,26-45,47,49-53,55,57-61,63,65-69H2,1-2H3,(H,88,93)/b7-5-,13-11-,19-17-,25-23-,48-46+,56-54+,64-62+. The molecule has 0 aromatic heterocycles. The van der Waals surface area contributed by atoms with Crippen molar-refractivity contribution in [3.63, 3.8) is 0 Å². The first-order chi connectivity index (χ1) is 51.8. The molecule has 3 aliphatic rings. The SMILES string of the molecule is CC/C=C\C/C=C\C/C=C\C/C=C\CCCCCCCCCCCCCCCCCCCCCCCCCCCCCCC(=O)NC(COC1OC(CO)C(OC2OC(CO)C(OC3OC(CO)C(O)C(O)C3O)C(O)C2O)C(O)C1O)C(O)/C=C/CC/C=C/CC/C=C/CCCCCCCCCCCC. The van der Waals surface area contributed by atoms with Gasteiger partial charge in [-0.1, -0.05) is 324 Å². The van der Waals surface area contributed by atoms with E-state index >= 15 is 0 Å². The Morgan fingerprint density at radius 1 is 0.349 bits per heavy atom. The van der Waals surface area contributed by atoms with Crippen LogP contribution < -0.4 is 5.32 Å². The number of amides is 1. The van der Waals surface area contributed by atoms with Crippen molar-refractivity contribution in [3.8, 4) is 0 Å². The van der Waals surface area contributed by atoms with Crippen LogP contribution in [0.4, 0.5) is 0 Å². The van der Waals surface area contributed by atoms with Crippen molar-refractivity contribution in [1.29, 1.82) is 0 Å². The van der Waals surface area contributed by atoms with Gasteiger partial charge in [-0.15, -0.1) is 0 Å². The minimum atomic E-state index is -1.98. The van der Waals surface area contributed by atoms with E-state index in [9.17, 15) is 61.0 Å². The van der Waals surface area contributed by atoms with Gasteiger partial charge in [0.2, 0.25) is 5.91 Å². The van der Waals surface area contributed by atoms with E-state index in [1.165, 1.54) is 225 Å². The monoisotopic (exact) mass is 1500 g/mol. The summed E-state index contributed by atoms with van der Waals surface area (Å²) < 4.78 is 34.4. The number of carbonyl (C=O) groups is 1. The van der Waals surface area contributed by atoms with Crippen molar-refractivity contribution >= 4 is 5.91 Å². The van der Waals surface area contributed by atoms with Gasteiger partial charge in [0.15, 0.2) is 18.9 Å². The second-order valence-corrected chi connectivity index (χ2v) is 30.2. The molecule has 0 spiro atoms. The summed E-state index contributed by atoms with van der Waals surface area (Å²) in [7, 11) is 0. The quantitative estimate of drug-likeness (QED) is 0.0199. The number of ether oxygens (including phenoxy) is 6. The third-order valence-corrected chi connectivity index (χ3v) is 20.9.